The van der Waals surface area contributed by atoms with Crippen LogP contribution >= 0.6 is 0 Å². The van der Waals surface area contributed by atoms with Crippen LogP contribution in [0.5, 0.6) is 0 Å². The number of likely N-dealkylation sites (tertiary alicyclic amines) is 1. The molecule has 1 aliphatic heterocycles. The summed E-state index contributed by atoms with van der Waals surface area (Å²) in [7, 11) is 0. The van der Waals surface area contributed by atoms with Gasteiger partial charge in [-0.05, 0) is 53.0 Å². The van der Waals surface area contributed by atoms with Gasteiger partial charge in [0.25, 0.3) is 0 Å². The van der Waals surface area contributed by atoms with Crippen molar-refractivity contribution in [3.63, 3.8) is 0 Å². The molecule has 1 unspecified atom stereocenters. The second-order valence-electron chi connectivity index (χ2n) is 5.56. The van der Waals surface area contributed by atoms with Gasteiger partial charge in [-0.25, -0.2) is 0 Å². The molecule has 0 bridgehead atoms. The molecule has 0 aromatic carbocycles. The number of piperidine rings is 1. The third kappa shape index (κ3) is 5.63. The summed E-state index contributed by atoms with van der Waals surface area (Å²) in [6, 6.07) is 0.153. The van der Waals surface area contributed by atoms with E-state index in [0.717, 1.165) is 38.6 Å². The minimum Gasteiger partial charge on any atom is -0.302 e. The smallest absolute Gasteiger partial charge is 0.137 e. The minimum absolute atomic E-state index is 0.153. The maximum atomic E-state index is 11.0. The predicted octanol–water partition coefficient (Wildman–Crippen LogP) is 3.73. The Morgan fingerprint density at radius 2 is 2.00 bits per heavy atom. The molecule has 1 fully saturated rings. The van der Waals surface area contributed by atoms with E-state index in [2.05, 4.69) is 37.8 Å². The third-order valence-corrected chi connectivity index (χ3v) is 3.59. The van der Waals surface area contributed by atoms with E-state index in [1.165, 1.54) is 24.0 Å². The van der Waals surface area contributed by atoms with Gasteiger partial charge in [-0.3, -0.25) is 4.90 Å². The lowest BCUT2D eigenvalue weighted by Gasteiger charge is -2.31. The summed E-state index contributed by atoms with van der Waals surface area (Å²) < 4.78 is 0. The van der Waals surface area contributed by atoms with Crippen molar-refractivity contribution < 1.29 is 4.79 Å². The molecule has 2 heteroatoms. The van der Waals surface area contributed by atoms with Crippen LogP contribution in [0.15, 0.2) is 23.3 Å². The highest BCUT2D eigenvalue weighted by Crippen LogP contribution is 2.16. The van der Waals surface area contributed by atoms with E-state index in [0.29, 0.717) is 0 Å². The zero-order chi connectivity index (χ0) is 13.4. The van der Waals surface area contributed by atoms with Crippen LogP contribution in [0, 0.1) is 0 Å². The van der Waals surface area contributed by atoms with E-state index in [-0.39, 0.29) is 6.04 Å². The van der Waals surface area contributed by atoms with Crippen molar-refractivity contribution in [1.29, 1.82) is 0 Å². The SMILES string of the molecule is CC(C)=CCC/C(C)=C/CN1CCCCC1C=O. The lowest BCUT2D eigenvalue weighted by molar-refractivity contribution is -0.113. The number of rotatable bonds is 6. The van der Waals surface area contributed by atoms with Gasteiger partial charge in [0.1, 0.15) is 6.29 Å². The van der Waals surface area contributed by atoms with Gasteiger partial charge in [0.2, 0.25) is 0 Å². The average Bonchev–Trinajstić information content (AvgIpc) is 2.36. The summed E-state index contributed by atoms with van der Waals surface area (Å²) in [6.07, 6.45) is 11.4. The number of carbonyl (C=O) groups excluding carboxylic acids is 1. The molecule has 0 saturated carbocycles. The topological polar surface area (TPSA) is 20.3 Å². The van der Waals surface area contributed by atoms with Gasteiger partial charge in [0, 0.05) is 6.54 Å². The lowest BCUT2D eigenvalue weighted by atomic mass is 10.0. The Morgan fingerprint density at radius 1 is 1.22 bits per heavy atom. The first-order valence-corrected chi connectivity index (χ1v) is 7.12. The van der Waals surface area contributed by atoms with E-state index >= 15 is 0 Å². The molecule has 0 N–H and O–H groups in total. The number of hydrogen-bond donors (Lipinski definition) is 0. The molecule has 0 aromatic heterocycles. The first kappa shape index (κ1) is 15.2. The van der Waals surface area contributed by atoms with E-state index < -0.39 is 0 Å². The van der Waals surface area contributed by atoms with Crippen LogP contribution in [-0.4, -0.2) is 30.3 Å². The summed E-state index contributed by atoms with van der Waals surface area (Å²) >= 11 is 0. The van der Waals surface area contributed by atoms with Crippen LogP contribution in [-0.2, 0) is 4.79 Å². The Hall–Kier alpha value is -0.890. The van der Waals surface area contributed by atoms with Crippen LogP contribution in [0.3, 0.4) is 0 Å². The molecule has 1 saturated heterocycles. The normalized spacial score (nSPS) is 21.7. The molecule has 0 aliphatic carbocycles. The summed E-state index contributed by atoms with van der Waals surface area (Å²) in [4.78, 5) is 13.3. The van der Waals surface area contributed by atoms with Gasteiger partial charge in [-0.2, -0.15) is 0 Å². The largest absolute Gasteiger partial charge is 0.302 e. The van der Waals surface area contributed by atoms with Crippen LogP contribution in [0.2, 0.25) is 0 Å². The quantitative estimate of drug-likeness (QED) is 0.528. The molecule has 1 heterocycles. The predicted molar refractivity (Wildman–Crippen MR) is 77.7 cm³/mol. The van der Waals surface area contributed by atoms with E-state index in [4.69, 9.17) is 0 Å². The highest BCUT2D eigenvalue weighted by atomic mass is 16.1. The number of allylic oxidation sites excluding steroid dienone is 3. The fourth-order valence-electron chi connectivity index (χ4n) is 2.36. The third-order valence-electron chi connectivity index (χ3n) is 3.59. The van der Waals surface area contributed by atoms with Crippen molar-refractivity contribution in [2.75, 3.05) is 13.1 Å². The number of nitrogens with zero attached hydrogens (tertiary/aromatic N) is 1. The Balaban J connectivity index is 2.36. The van der Waals surface area contributed by atoms with Crippen LogP contribution in [0.25, 0.3) is 0 Å². The molecule has 102 valence electrons. The Morgan fingerprint density at radius 3 is 2.67 bits per heavy atom. The van der Waals surface area contributed by atoms with Crippen molar-refractivity contribution in [2.24, 2.45) is 0 Å². The van der Waals surface area contributed by atoms with E-state index in [1.54, 1.807) is 0 Å². The van der Waals surface area contributed by atoms with Crippen molar-refractivity contribution >= 4 is 6.29 Å². The second kappa shape index (κ2) is 8.25. The standard InChI is InChI=1S/C16H27NO/c1-14(2)7-6-8-15(3)10-12-17-11-5-4-9-16(17)13-18/h7,10,13,16H,4-6,8-9,11-12H2,1-3H3/b15-10+. The maximum Gasteiger partial charge on any atom is 0.137 e. The molecule has 0 spiro atoms. The minimum atomic E-state index is 0.153. The summed E-state index contributed by atoms with van der Waals surface area (Å²) in [5.41, 5.74) is 2.82. The first-order chi connectivity index (χ1) is 8.63. The lowest BCUT2D eigenvalue weighted by Crippen LogP contribution is -2.40. The molecular formula is C16H27NO. The molecule has 0 radical (unpaired) electrons. The monoisotopic (exact) mass is 249 g/mol. The Kier molecular flexibility index (Phi) is 6.96. The average molecular weight is 249 g/mol. The van der Waals surface area contributed by atoms with Crippen molar-refractivity contribution in [3.8, 4) is 0 Å². The maximum absolute atomic E-state index is 11.0. The summed E-state index contributed by atoms with van der Waals surface area (Å²) in [5, 5.41) is 0. The van der Waals surface area contributed by atoms with Crippen molar-refractivity contribution in [1.82, 2.24) is 4.90 Å². The fraction of sp³-hybridized carbons (Fsp3) is 0.688. The Labute approximate surface area is 112 Å². The van der Waals surface area contributed by atoms with Crippen LogP contribution < -0.4 is 0 Å². The second-order valence-corrected chi connectivity index (χ2v) is 5.56. The fourth-order valence-corrected chi connectivity index (χ4v) is 2.36. The number of hydrogen-bond acceptors (Lipinski definition) is 2. The molecular weight excluding hydrogens is 222 g/mol. The summed E-state index contributed by atoms with van der Waals surface area (Å²) in [5.74, 6) is 0. The zero-order valence-electron chi connectivity index (χ0n) is 12.1. The zero-order valence-corrected chi connectivity index (χ0v) is 12.1. The molecule has 2 nitrogen and oxygen atoms in total. The van der Waals surface area contributed by atoms with E-state index in [1.807, 2.05) is 0 Å². The molecule has 1 atom stereocenters. The van der Waals surface area contributed by atoms with Crippen molar-refractivity contribution in [3.05, 3.63) is 23.3 Å². The number of carbonyl (C=O) groups is 1. The van der Waals surface area contributed by atoms with Gasteiger partial charge in [-0.1, -0.05) is 29.7 Å². The highest BCUT2D eigenvalue weighted by molar-refractivity contribution is 5.57. The van der Waals surface area contributed by atoms with E-state index in [9.17, 15) is 4.79 Å². The van der Waals surface area contributed by atoms with Gasteiger partial charge in [0.15, 0.2) is 0 Å². The van der Waals surface area contributed by atoms with Gasteiger partial charge < -0.3 is 4.79 Å². The molecule has 0 aromatic rings. The highest BCUT2D eigenvalue weighted by Gasteiger charge is 2.20. The van der Waals surface area contributed by atoms with Gasteiger partial charge in [-0.15, -0.1) is 0 Å². The van der Waals surface area contributed by atoms with Crippen molar-refractivity contribution in [2.45, 2.75) is 58.9 Å². The van der Waals surface area contributed by atoms with Gasteiger partial charge in [0.05, 0.1) is 6.04 Å². The van der Waals surface area contributed by atoms with Crippen LogP contribution in [0.1, 0.15) is 52.9 Å². The number of aldehydes is 1. The first-order valence-electron chi connectivity index (χ1n) is 7.12. The van der Waals surface area contributed by atoms with Gasteiger partial charge >= 0.3 is 0 Å². The van der Waals surface area contributed by atoms with Crippen LogP contribution in [0.4, 0.5) is 0 Å². The molecule has 0 amide bonds. The molecule has 18 heavy (non-hydrogen) atoms. The summed E-state index contributed by atoms with van der Waals surface area (Å²) in [6.45, 7) is 8.48. The Bertz CT molecular complexity index is 313. The molecule has 1 rings (SSSR count). The molecule has 1 aliphatic rings.